The average molecular weight is 427 g/mol. The molecule has 0 bridgehead atoms. The normalized spacial score (nSPS) is 17.4. The van der Waals surface area contributed by atoms with Crippen LogP contribution in [0.15, 0.2) is 53.4 Å². The van der Waals surface area contributed by atoms with Gasteiger partial charge in [-0.2, -0.15) is 0 Å². The molecular weight excluding hydrogens is 396 g/mol. The van der Waals surface area contributed by atoms with Gasteiger partial charge in [0.05, 0.1) is 10.6 Å². The number of para-hydroxylation sites is 1. The molecule has 0 radical (unpaired) electrons. The molecule has 1 fully saturated rings. The molecule has 0 aromatic heterocycles. The van der Waals surface area contributed by atoms with Gasteiger partial charge in [0.25, 0.3) is 10.0 Å². The predicted octanol–water partition coefficient (Wildman–Crippen LogP) is 5.13. The van der Waals surface area contributed by atoms with E-state index < -0.39 is 10.0 Å². The first-order valence-corrected chi connectivity index (χ1v) is 12.5. The van der Waals surface area contributed by atoms with Crippen molar-refractivity contribution in [2.75, 3.05) is 16.2 Å². The maximum absolute atomic E-state index is 13.2. The molecule has 2 aromatic rings. The number of amides is 1. The Balaban J connectivity index is 1.40. The van der Waals surface area contributed by atoms with E-state index >= 15 is 0 Å². The molecule has 5 nitrogen and oxygen atoms in total. The highest BCUT2D eigenvalue weighted by molar-refractivity contribution is 7.92. The topological polar surface area (TPSA) is 66.5 Å². The van der Waals surface area contributed by atoms with Crippen molar-refractivity contribution >= 4 is 27.3 Å². The molecule has 0 spiro atoms. The second-order valence-electron chi connectivity index (χ2n) is 8.42. The van der Waals surface area contributed by atoms with Crippen LogP contribution >= 0.6 is 0 Å². The molecular formula is C24H30N2O3S. The number of hydrogen-bond donors (Lipinski definition) is 1. The van der Waals surface area contributed by atoms with Gasteiger partial charge in [-0.3, -0.25) is 9.10 Å². The minimum absolute atomic E-state index is 0.00105. The Morgan fingerprint density at radius 2 is 1.70 bits per heavy atom. The minimum Gasteiger partial charge on any atom is -0.326 e. The largest absolute Gasteiger partial charge is 0.326 e. The Kier molecular flexibility index (Phi) is 6.42. The van der Waals surface area contributed by atoms with Gasteiger partial charge in [-0.15, -0.1) is 0 Å². The third-order valence-electron chi connectivity index (χ3n) is 6.30. The molecule has 1 aliphatic carbocycles. The number of rotatable bonds is 6. The van der Waals surface area contributed by atoms with Crippen molar-refractivity contribution in [2.24, 2.45) is 5.92 Å². The summed E-state index contributed by atoms with van der Waals surface area (Å²) >= 11 is 0. The van der Waals surface area contributed by atoms with E-state index in [-0.39, 0.29) is 10.8 Å². The highest BCUT2D eigenvalue weighted by atomic mass is 32.2. The van der Waals surface area contributed by atoms with Gasteiger partial charge in [-0.05, 0) is 61.1 Å². The number of sulfonamides is 1. The van der Waals surface area contributed by atoms with E-state index in [4.69, 9.17) is 0 Å². The van der Waals surface area contributed by atoms with Crippen molar-refractivity contribution in [1.82, 2.24) is 0 Å². The number of nitrogens with one attached hydrogen (secondary N) is 1. The van der Waals surface area contributed by atoms with Crippen LogP contribution in [0.2, 0.25) is 0 Å². The molecule has 1 aliphatic heterocycles. The number of hydrogen-bond acceptors (Lipinski definition) is 3. The average Bonchev–Trinajstić information content (AvgIpc) is 2.78. The summed E-state index contributed by atoms with van der Waals surface area (Å²) in [5, 5.41) is 2.91. The lowest BCUT2D eigenvalue weighted by Gasteiger charge is -2.30. The highest BCUT2D eigenvalue weighted by Gasteiger charge is 2.28. The lowest BCUT2D eigenvalue weighted by Crippen LogP contribution is -2.35. The van der Waals surface area contributed by atoms with Gasteiger partial charge in [0.15, 0.2) is 0 Å². The molecule has 4 rings (SSSR count). The summed E-state index contributed by atoms with van der Waals surface area (Å²) in [5.74, 6) is 0.672. The first-order chi connectivity index (χ1) is 14.5. The van der Waals surface area contributed by atoms with Crippen LogP contribution in [0.5, 0.6) is 0 Å². The molecule has 1 amide bonds. The predicted molar refractivity (Wildman–Crippen MR) is 120 cm³/mol. The summed E-state index contributed by atoms with van der Waals surface area (Å²) in [4.78, 5) is 12.5. The van der Waals surface area contributed by atoms with E-state index in [0.29, 0.717) is 24.6 Å². The molecule has 0 saturated heterocycles. The molecule has 2 aliphatic rings. The third-order valence-corrected chi connectivity index (χ3v) is 8.13. The van der Waals surface area contributed by atoms with Crippen molar-refractivity contribution in [3.63, 3.8) is 0 Å². The summed E-state index contributed by atoms with van der Waals surface area (Å²) in [6, 6.07) is 14.2. The first-order valence-electron chi connectivity index (χ1n) is 11.0. The maximum Gasteiger partial charge on any atom is 0.264 e. The Bertz CT molecular complexity index is 980. The molecule has 2 aromatic carbocycles. The van der Waals surface area contributed by atoms with E-state index in [9.17, 15) is 13.2 Å². The zero-order valence-corrected chi connectivity index (χ0v) is 18.2. The molecule has 30 heavy (non-hydrogen) atoms. The molecule has 0 atom stereocenters. The molecule has 0 unspecified atom stereocenters. The summed E-state index contributed by atoms with van der Waals surface area (Å²) < 4.78 is 27.9. The van der Waals surface area contributed by atoms with Crippen LogP contribution in [-0.2, 0) is 21.2 Å². The van der Waals surface area contributed by atoms with Crippen LogP contribution in [0, 0.1) is 5.92 Å². The molecule has 6 heteroatoms. The minimum atomic E-state index is -3.62. The number of nitrogens with zero attached hydrogens (tertiary/aromatic N) is 1. The van der Waals surface area contributed by atoms with Gasteiger partial charge in [0, 0.05) is 18.7 Å². The summed E-state index contributed by atoms with van der Waals surface area (Å²) in [5.41, 5.74) is 2.47. The van der Waals surface area contributed by atoms with Crippen LogP contribution in [-0.4, -0.2) is 20.9 Å². The first kappa shape index (κ1) is 20.9. The zero-order valence-electron chi connectivity index (χ0n) is 17.3. The second kappa shape index (κ2) is 9.21. The van der Waals surface area contributed by atoms with E-state index in [1.807, 2.05) is 24.3 Å². The van der Waals surface area contributed by atoms with Crippen molar-refractivity contribution in [3.05, 3.63) is 54.1 Å². The molecule has 1 N–H and O–H groups in total. The SMILES string of the molecule is O=C(CCC1CCCCC1)Nc1ccc(S(=O)(=O)N2CCCc3ccccc32)cc1. The number of carbonyl (C=O) groups excluding carboxylic acids is 1. The van der Waals surface area contributed by atoms with E-state index in [1.54, 1.807) is 24.3 Å². The summed E-state index contributed by atoms with van der Waals surface area (Å²) in [7, 11) is -3.62. The Hall–Kier alpha value is -2.34. The fourth-order valence-corrected chi connectivity index (χ4v) is 6.16. The van der Waals surface area contributed by atoms with Crippen molar-refractivity contribution in [2.45, 2.75) is 62.7 Å². The quantitative estimate of drug-likeness (QED) is 0.696. The highest BCUT2D eigenvalue weighted by Crippen LogP contribution is 2.32. The van der Waals surface area contributed by atoms with Gasteiger partial charge in [0.1, 0.15) is 0 Å². The zero-order chi connectivity index (χ0) is 21.0. The Morgan fingerprint density at radius 1 is 0.967 bits per heavy atom. The van der Waals surface area contributed by atoms with Gasteiger partial charge in [0.2, 0.25) is 5.91 Å². The van der Waals surface area contributed by atoms with Crippen LogP contribution in [0.25, 0.3) is 0 Å². The Labute approximate surface area is 179 Å². The van der Waals surface area contributed by atoms with Crippen LogP contribution in [0.1, 0.15) is 56.9 Å². The van der Waals surface area contributed by atoms with E-state index in [0.717, 1.165) is 30.5 Å². The summed E-state index contributed by atoms with van der Waals surface area (Å²) in [6.07, 6.45) is 9.52. The lowest BCUT2D eigenvalue weighted by atomic mass is 9.86. The fraction of sp³-hybridized carbons (Fsp3) is 0.458. The number of fused-ring (bicyclic) bond motifs is 1. The van der Waals surface area contributed by atoms with Crippen LogP contribution < -0.4 is 9.62 Å². The lowest BCUT2D eigenvalue weighted by molar-refractivity contribution is -0.116. The van der Waals surface area contributed by atoms with E-state index in [1.165, 1.54) is 36.4 Å². The van der Waals surface area contributed by atoms with Gasteiger partial charge >= 0.3 is 0 Å². The smallest absolute Gasteiger partial charge is 0.264 e. The monoisotopic (exact) mass is 426 g/mol. The maximum atomic E-state index is 13.2. The van der Waals surface area contributed by atoms with Crippen LogP contribution in [0.4, 0.5) is 11.4 Å². The van der Waals surface area contributed by atoms with Gasteiger partial charge in [-0.25, -0.2) is 8.42 Å². The van der Waals surface area contributed by atoms with Crippen molar-refractivity contribution < 1.29 is 13.2 Å². The molecule has 1 saturated carbocycles. The second-order valence-corrected chi connectivity index (χ2v) is 10.3. The van der Waals surface area contributed by atoms with E-state index in [2.05, 4.69) is 5.32 Å². The van der Waals surface area contributed by atoms with Gasteiger partial charge < -0.3 is 5.32 Å². The van der Waals surface area contributed by atoms with Gasteiger partial charge in [-0.1, -0.05) is 50.3 Å². The molecule has 1 heterocycles. The number of benzene rings is 2. The number of carbonyl (C=O) groups is 1. The number of aryl methyl sites for hydroxylation is 1. The fourth-order valence-electron chi connectivity index (χ4n) is 4.62. The Morgan fingerprint density at radius 3 is 2.47 bits per heavy atom. The third kappa shape index (κ3) is 4.69. The van der Waals surface area contributed by atoms with Crippen LogP contribution in [0.3, 0.4) is 0 Å². The summed E-state index contributed by atoms with van der Waals surface area (Å²) in [6.45, 7) is 0.485. The number of anilines is 2. The standard InChI is InChI=1S/C24H30N2O3S/c27-24(17-12-19-7-2-1-3-8-19)25-21-13-15-22(16-14-21)30(28,29)26-18-6-10-20-9-4-5-11-23(20)26/h4-5,9,11,13-16,19H,1-3,6-8,10,12,17-18H2,(H,25,27). The molecule has 160 valence electrons. The van der Waals surface area contributed by atoms with Crippen molar-refractivity contribution in [3.8, 4) is 0 Å². The van der Waals surface area contributed by atoms with Crippen molar-refractivity contribution in [1.29, 1.82) is 0 Å².